The molecule has 0 unspecified atom stereocenters. The zero-order valence-corrected chi connectivity index (χ0v) is 12.2. The zero-order valence-electron chi connectivity index (χ0n) is 12.2. The Morgan fingerprint density at radius 2 is 1.95 bits per heavy atom. The van der Waals surface area contributed by atoms with Gasteiger partial charge in [0.1, 0.15) is 5.82 Å². The van der Waals surface area contributed by atoms with Crippen molar-refractivity contribution < 1.29 is 13.9 Å². The molecule has 0 heterocycles. The molecule has 0 aliphatic heterocycles. The number of aryl methyl sites for hydroxylation is 1. The van der Waals surface area contributed by atoms with E-state index in [-0.39, 0.29) is 11.7 Å². The van der Waals surface area contributed by atoms with Crippen LogP contribution in [0.4, 0.5) is 4.39 Å². The van der Waals surface area contributed by atoms with E-state index in [0.29, 0.717) is 24.3 Å². The van der Waals surface area contributed by atoms with E-state index in [1.807, 2.05) is 24.3 Å². The monoisotopic (exact) mass is 287 g/mol. The van der Waals surface area contributed by atoms with Gasteiger partial charge in [0.25, 0.3) is 5.91 Å². The summed E-state index contributed by atoms with van der Waals surface area (Å²) in [5.41, 5.74) is 2.98. The Hall–Kier alpha value is -2.20. The predicted octanol–water partition coefficient (Wildman–Crippen LogP) is 3.21. The minimum absolute atomic E-state index is 0.213. The molecule has 0 aromatic heterocycles. The molecule has 0 saturated carbocycles. The third-order valence-electron chi connectivity index (χ3n) is 3.18. The topological polar surface area (TPSA) is 38.3 Å². The first-order valence-electron chi connectivity index (χ1n) is 6.71. The Labute approximate surface area is 123 Å². The minimum atomic E-state index is -0.307. The van der Waals surface area contributed by atoms with Gasteiger partial charge < -0.3 is 10.1 Å². The molecule has 1 amide bonds. The second-order valence-corrected chi connectivity index (χ2v) is 4.90. The molecule has 0 spiro atoms. The molecule has 4 heteroatoms. The van der Waals surface area contributed by atoms with E-state index in [1.165, 1.54) is 12.1 Å². The number of benzene rings is 2. The third-order valence-corrected chi connectivity index (χ3v) is 3.18. The van der Waals surface area contributed by atoms with Crippen molar-refractivity contribution >= 4 is 5.91 Å². The van der Waals surface area contributed by atoms with Crippen molar-refractivity contribution in [3.63, 3.8) is 0 Å². The predicted molar refractivity (Wildman–Crippen MR) is 79.5 cm³/mol. The van der Waals surface area contributed by atoms with E-state index in [9.17, 15) is 9.18 Å². The lowest BCUT2D eigenvalue weighted by Crippen LogP contribution is -2.23. The third kappa shape index (κ3) is 4.13. The van der Waals surface area contributed by atoms with E-state index in [4.69, 9.17) is 4.74 Å². The van der Waals surface area contributed by atoms with Gasteiger partial charge in [-0.05, 0) is 41.8 Å². The van der Waals surface area contributed by atoms with Crippen LogP contribution in [0.1, 0.15) is 27.0 Å². The van der Waals surface area contributed by atoms with E-state index >= 15 is 0 Å². The van der Waals surface area contributed by atoms with Gasteiger partial charge in [0.15, 0.2) is 0 Å². The Morgan fingerprint density at radius 3 is 2.67 bits per heavy atom. The fraction of sp³-hybridized carbons (Fsp3) is 0.235. The Morgan fingerprint density at radius 1 is 1.19 bits per heavy atom. The van der Waals surface area contributed by atoms with E-state index in [0.717, 1.165) is 11.1 Å². The molecule has 21 heavy (non-hydrogen) atoms. The lowest BCUT2D eigenvalue weighted by atomic mass is 10.1. The maximum Gasteiger partial charge on any atom is 0.251 e. The number of carbonyl (C=O) groups excluding carboxylic acids is 1. The molecule has 0 atom stereocenters. The van der Waals surface area contributed by atoms with Gasteiger partial charge in [-0.15, -0.1) is 0 Å². The van der Waals surface area contributed by atoms with Crippen molar-refractivity contribution in [1.82, 2.24) is 5.32 Å². The highest BCUT2D eigenvalue weighted by atomic mass is 19.1. The SMILES string of the molecule is COCc1cccc(CNC(=O)c2ccc(F)c(C)c2)c1. The van der Waals surface area contributed by atoms with Crippen LogP contribution in [-0.4, -0.2) is 13.0 Å². The Balaban J connectivity index is 2.00. The van der Waals surface area contributed by atoms with E-state index < -0.39 is 0 Å². The lowest BCUT2D eigenvalue weighted by molar-refractivity contribution is 0.0950. The minimum Gasteiger partial charge on any atom is -0.380 e. The summed E-state index contributed by atoms with van der Waals surface area (Å²) in [7, 11) is 1.64. The van der Waals surface area contributed by atoms with Gasteiger partial charge in [-0.3, -0.25) is 4.79 Å². The summed E-state index contributed by atoms with van der Waals surface area (Å²) < 4.78 is 18.3. The first kappa shape index (κ1) is 15.2. The summed E-state index contributed by atoms with van der Waals surface area (Å²) in [4.78, 5) is 12.0. The van der Waals surface area contributed by atoms with Crippen molar-refractivity contribution in [3.05, 3.63) is 70.5 Å². The second-order valence-electron chi connectivity index (χ2n) is 4.90. The molecular weight excluding hydrogens is 269 g/mol. The standard InChI is InChI=1S/C17H18FNO2/c1-12-8-15(6-7-16(12)18)17(20)19-10-13-4-3-5-14(9-13)11-21-2/h3-9H,10-11H2,1-2H3,(H,19,20). The van der Waals surface area contributed by atoms with Crippen LogP contribution in [0, 0.1) is 12.7 Å². The highest BCUT2D eigenvalue weighted by Crippen LogP contribution is 2.10. The molecular formula is C17H18FNO2. The lowest BCUT2D eigenvalue weighted by Gasteiger charge is -2.08. The maximum absolute atomic E-state index is 13.2. The summed E-state index contributed by atoms with van der Waals surface area (Å²) in [5.74, 6) is -0.519. The van der Waals surface area contributed by atoms with Crippen LogP contribution in [0.2, 0.25) is 0 Å². The molecule has 2 aromatic carbocycles. The highest BCUT2D eigenvalue weighted by Gasteiger charge is 2.07. The number of ether oxygens (including phenoxy) is 1. The summed E-state index contributed by atoms with van der Waals surface area (Å²) >= 11 is 0. The van der Waals surface area contributed by atoms with Crippen LogP contribution < -0.4 is 5.32 Å². The van der Waals surface area contributed by atoms with Crippen LogP contribution in [0.3, 0.4) is 0 Å². The summed E-state index contributed by atoms with van der Waals surface area (Å²) in [5, 5.41) is 2.83. The van der Waals surface area contributed by atoms with Gasteiger partial charge in [0, 0.05) is 19.2 Å². The molecule has 3 nitrogen and oxygen atoms in total. The van der Waals surface area contributed by atoms with Crippen molar-refractivity contribution in [3.8, 4) is 0 Å². The van der Waals surface area contributed by atoms with Gasteiger partial charge in [-0.25, -0.2) is 4.39 Å². The van der Waals surface area contributed by atoms with E-state index in [2.05, 4.69) is 5.32 Å². The number of amides is 1. The average molecular weight is 287 g/mol. The molecule has 2 aromatic rings. The molecule has 0 bridgehead atoms. The van der Waals surface area contributed by atoms with Crippen LogP contribution >= 0.6 is 0 Å². The van der Waals surface area contributed by atoms with Gasteiger partial charge in [-0.2, -0.15) is 0 Å². The molecule has 2 rings (SSSR count). The van der Waals surface area contributed by atoms with Crippen molar-refractivity contribution in [2.24, 2.45) is 0 Å². The number of halogens is 1. The summed E-state index contributed by atoms with van der Waals surface area (Å²) in [6.45, 7) is 2.60. The van der Waals surface area contributed by atoms with Gasteiger partial charge in [-0.1, -0.05) is 24.3 Å². The summed E-state index contributed by atoms with van der Waals surface area (Å²) in [6, 6.07) is 12.2. The van der Waals surface area contributed by atoms with E-state index in [1.54, 1.807) is 20.1 Å². The van der Waals surface area contributed by atoms with Crippen LogP contribution in [-0.2, 0) is 17.9 Å². The molecule has 0 aliphatic carbocycles. The van der Waals surface area contributed by atoms with Crippen LogP contribution in [0.15, 0.2) is 42.5 Å². The second kappa shape index (κ2) is 6.99. The largest absolute Gasteiger partial charge is 0.380 e. The number of carbonyl (C=O) groups is 1. The molecule has 0 radical (unpaired) electrons. The van der Waals surface area contributed by atoms with Gasteiger partial charge in [0.05, 0.1) is 6.61 Å². The molecule has 110 valence electrons. The highest BCUT2D eigenvalue weighted by molar-refractivity contribution is 5.94. The number of nitrogens with one attached hydrogen (secondary N) is 1. The Kier molecular flexibility index (Phi) is 5.06. The summed E-state index contributed by atoms with van der Waals surface area (Å²) in [6.07, 6.45) is 0. The smallest absolute Gasteiger partial charge is 0.251 e. The van der Waals surface area contributed by atoms with Crippen molar-refractivity contribution in [1.29, 1.82) is 0 Å². The zero-order chi connectivity index (χ0) is 15.2. The molecule has 0 aliphatic rings. The van der Waals surface area contributed by atoms with Crippen LogP contribution in [0.25, 0.3) is 0 Å². The first-order valence-corrected chi connectivity index (χ1v) is 6.71. The number of hydrogen-bond donors (Lipinski definition) is 1. The number of rotatable bonds is 5. The number of hydrogen-bond acceptors (Lipinski definition) is 2. The molecule has 0 fully saturated rings. The van der Waals surface area contributed by atoms with Gasteiger partial charge in [0.2, 0.25) is 0 Å². The number of methoxy groups -OCH3 is 1. The fourth-order valence-electron chi connectivity index (χ4n) is 2.07. The Bertz CT molecular complexity index is 640. The fourth-order valence-corrected chi connectivity index (χ4v) is 2.07. The first-order chi connectivity index (χ1) is 10.1. The van der Waals surface area contributed by atoms with Crippen LogP contribution in [0.5, 0.6) is 0 Å². The molecule has 0 saturated heterocycles. The van der Waals surface area contributed by atoms with Gasteiger partial charge >= 0.3 is 0 Å². The molecule has 1 N–H and O–H groups in total. The average Bonchev–Trinajstić information content (AvgIpc) is 2.48. The quantitative estimate of drug-likeness (QED) is 0.917. The van der Waals surface area contributed by atoms with Crippen molar-refractivity contribution in [2.75, 3.05) is 7.11 Å². The maximum atomic E-state index is 13.2. The van der Waals surface area contributed by atoms with Crippen molar-refractivity contribution in [2.45, 2.75) is 20.1 Å². The normalized spacial score (nSPS) is 10.4.